The van der Waals surface area contributed by atoms with E-state index in [1.165, 1.54) is 0 Å². The SMILES string of the molecule is CCOC(=O)c1sc(NC(=O)C[C@H](CN)NC(=O)c2cccc(-c3noc(C)n3)c2)nc1C. The average molecular weight is 473 g/mol. The summed E-state index contributed by atoms with van der Waals surface area (Å²) < 4.78 is 9.95. The molecule has 0 unspecified atom stereocenters. The van der Waals surface area contributed by atoms with Crippen LogP contribution in [-0.4, -0.2) is 52.1 Å². The predicted octanol–water partition coefficient (Wildman–Crippen LogP) is 2.07. The van der Waals surface area contributed by atoms with E-state index in [1.807, 2.05) is 0 Å². The van der Waals surface area contributed by atoms with Crippen molar-refractivity contribution in [3.63, 3.8) is 0 Å². The second-order valence-corrected chi connectivity index (χ2v) is 8.03. The van der Waals surface area contributed by atoms with Crippen LogP contribution in [0.15, 0.2) is 28.8 Å². The number of esters is 1. The molecule has 0 aliphatic heterocycles. The van der Waals surface area contributed by atoms with Crippen LogP contribution >= 0.6 is 11.3 Å². The van der Waals surface area contributed by atoms with Crippen LogP contribution in [0.4, 0.5) is 5.13 Å². The molecule has 33 heavy (non-hydrogen) atoms. The normalized spacial score (nSPS) is 11.6. The molecule has 4 N–H and O–H groups in total. The van der Waals surface area contributed by atoms with Gasteiger partial charge in [-0.2, -0.15) is 4.98 Å². The molecule has 1 atom stereocenters. The Balaban J connectivity index is 1.61. The van der Waals surface area contributed by atoms with Crippen LogP contribution in [0.25, 0.3) is 11.4 Å². The highest BCUT2D eigenvalue weighted by atomic mass is 32.1. The molecule has 3 aromatic rings. The molecule has 0 radical (unpaired) electrons. The Morgan fingerprint density at radius 2 is 2.03 bits per heavy atom. The van der Waals surface area contributed by atoms with Crippen molar-refractivity contribution in [2.45, 2.75) is 33.2 Å². The number of aryl methyl sites for hydroxylation is 2. The number of aromatic nitrogens is 3. The third kappa shape index (κ3) is 6.20. The largest absolute Gasteiger partial charge is 0.462 e. The highest BCUT2D eigenvalue weighted by molar-refractivity contribution is 7.17. The maximum Gasteiger partial charge on any atom is 0.350 e. The number of nitrogens with zero attached hydrogens (tertiary/aromatic N) is 3. The lowest BCUT2D eigenvalue weighted by Crippen LogP contribution is -2.42. The van der Waals surface area contributed by atoms with E-state index in [0.717, 1.165) is 11.3 Å². The first-order valence-electron chi connectivity index (χ1n) is 10.2. The summed E-state index contributed by atoms with van der Waals surface area (Å²) in [7, 11) is 0. The fourth-order valence-corrected chi connectivity index (χ4v) is 3.78. The van der Waals surface area contributed by atoms with Crippen molar-refractivity contribution >= 4 is 34.3 Å². The van der Waals surface area contributed by atoms with E-state index in [1.54, 1.807) is 45.0 Å². The molecule has 2 aromatic heterocycles. The standard InChI is InChI=1S/C21H24N6O5S/c1-4-31-20(30)17-11(2)23-21(33-17)26-16(28)9-15(10-22)25-19(29)14-7-5-6-13(8-14)18-24-12(3)32-27-18/h5-8,15H,4,9-10,22H2,1-3H3,(H,25,29)(H,23,26,28)/t15-/m1/s1. The Morgan fingerprint density at radius 3 is 2.70 bits per heavy atom. The van der Waals surface area contributed by atoms with Crippen molar-refractivity contribution in [2.24, 2.45) is 5.73 Å². The summed E-state index contributed by atoms with van der Waals surface area (Å²) in [5, 5.41) is 9.51. The first kappa shape index (κ1) is 24.0. The van der Waals surface area contributed by atoms with Gasteiger partial charge >= 0.3 is 5.97 Å². The Morgan fingerprint density at radius 1 is 1.24 bits per heavy atom. The van der Waals surface area contributed by atoms with Crippen LogP contribution in [0.5, 0.6) is 0 Å². The molecule has 0 aliphatic rings. The highest BCUT2D eigenvalue weighted by Crippen LogP contribution is 2.23. The van der Waals surface area contributed by atoms with Crippen molar-refractivity contribution in [1.82, 2.24) is 20.4 Å². The number of thiazole rings is 1. The molecule has 0 bridgehead atoms. The minimum Gasteiger partial charge on any atom is -0.462 e. The number of hydrogen-bond donors (Lipinski definition) is 3. The number of nitrogens with one attached hydrogen (secondary N) is 2. The molecule has 0 aliphatic carbocycles. The van der Waals surface area contributed by atoms with Gasteiger partial charge in [0, 0.05) is 31.0 Å². The lowest BCUT2D eigenvalue weighted by atomic mass is 10.1. The van der Waals surface area contributed by atoms with Crippen molar-refractivity contribution in [1.29, 1.82) is 0 Å². The summed E-state index contributed by atoms with van der Waals surface area (Å²) in [4.78, 5) is 45.7. The first-order valence-corrected chi connectivity index (χ1v) is 11.0. The average Bonchev–Trinajstić information content (AvgIpc) is 3.38. The Kier molecular flexibility index (Phi) is 7.85. The van der Waals surface area contributed by atoms with Gasteiger partial charge in [-0.25, -0.2) is 9.78 Å². The zero-order chi connectivity index (χ0) is 24.0. The lowest BCUT2D eigenvalue weighted by Gasteiger charge is -2.16. The van der Waals surface area contributed by atoms with E-state index >= 15 is 0 Å². The van der Waals surface area contributed by atoms with Gasteiger partial charge in [-0.3, -0.25) is 9.59 Å². The van der Waals surface area contributed by atoms with Gasteiger partial charge in [0.05, 0.1) is 18.3 Å². The van der Waals surface area contributed by atoms with Gasteiger partial charge in [0.15, 0.2) is 5.13 Å². The number of amides is 2. The number of rotatable bonds is 9. The Hall–Kier alpha value is -3.64. The van der Waals surface area contributed by atoms with E-state index < -0.39 is 23.8 Å². The molecule has 12 heteroatoms. The van der Waals surface area contributed by atoms with E-state index in [4.69, 9.17) is 15.0 Å². The van der Waals surface area contributed by atoms with E-state index in [-0.39, 0.29) is 24.7 Å². The zero-order valence-electron chi connectivity index (χ0n) is 18.4. The van der Waals surface area contributed by atoms with Gasteiger partial charge in [0.1, 0.15) is 4.88 Å². The third-order valence-electron chi connectivity index (χ3n) is 4.47. The van der Waals surface area contributed by atoms with Crippen LogP contribution in [0.2, 0.25) is 0 Å². The fraction of sp³-hybridized carbons (Fsp3) is 0.333. The van der Waals surface area contributed by atoms with Gasteiger partial charge in [-0.1, -0.05) is 28.6 Å². The van der Waals surface area contributed by atoms with E-state index in [2.05, 4.69) is 25.8 Å². The van der Waals surface area contributed by atoms with Crippen LogP contribution in [0.3, 0.4) is 0 Å². The van der Waals surface area contributed by atoms with Crippen molar-refractivity contribution in [3.05, 3.63) is 46.3 Å². The molecule has 2 heterocycles. The van der Waals surface area contributed by atoms with Crippen molar-refractivity contribution in [3.8, 4) is 11.4 Å². The van der Waals surface area contributed by atoms with Crippen molar-refractivity contribution in [2.75, 3.05) is 18.5 Å². The molecular weight excluding hydrogens is 448 g/mol. The van der Waals surface area contributed by atoms with Crippen LogP contribution in [0, 0.1) is 13.8 Å². The monoisotopic (exact) mass is 472 g/mol. The Labute approximate surface area is 193 Å². The number of ether oxygens (including phenoxy) is 1. The van der Waals surface area contributed by atoms with Crippen LogP contribution in [0.1, 0.15) is 45.0 Å². The van der Waals surface area contributed by atoms with Gasteiger partial charge in [0.25, 0.3) is 5.91 Å². The van der Waals surface area contributed by atoms with Crippen LogP contribution in [-0.2, 0) is 9.53 Å². The summed E-state index contributed by atoms with van der Waals surface area (Å²) in [5.74, 6) is -0.490. The maximum absolute atomic E-state index is 12.7. The quantitative estimate of drug-likeness (QED) is 0.396. The second kappa shape index (κ2) is 10.8. The fourth-order valence-electron chi connectivity index (χ4n) is 2.91. The molecule has 1 aromatic carbocycles. The van der Waals surface area contributed by atoms with Gasteiger partial charge in [-0.05, 0) is 26.0 Å². The lowest BCUT2D eigenvalue weighted by molar-refractivity contribution is -0.116. The van der Waals surface area contributed by atoms with Crippen molar-refractivity contribution < 1.29 is 23.6 Å². The van der Waals surface area contributed by atoms with Gasteiger partial charge < -0.3 is 25.6 Å². The number of carbonyl (C=O) groups is 3. The summed E-state index contributed by atoms with van der Waals surface area (Å²) >= 11 is 1.03. The van der Waals surface area contributed by atoms with Gasteiger partial charge in [0.2, 0.25) is 17.6 Å². The summed E-state index contributed by atoms with van der Waals surface area (Å²) in [6, 6.07) is 6.11. The van der Waals surface area contributed by atoms with E-state index in [9.17, 15) is 14.4 Å². The molecule has 0 saturated heterocycles. The summed E-state index contributed by atoms with van der Waals surface area (Å²) in [5.41, 5.74) is 7.22. The topological polar surface area (TPSA) is 162 Å². The minimum atomic E-state index is -0.612. The predicted molar refractivity (Wildman–Crippen MR) is 121 cm³/mol. The number of carbonyl (C=O) groups excluding carboxylic acids is 3. The zero-order valence-corrected chi connectivity index (χ0v) is 19.2. The molecule has 0 spiro atoms. The number of anilines is 1. The first-order chi connectivity index (χ1) is 15.8. The molecule has 0 fully saturated rings. The minimum absolute atomic E-state index is 0.0495. The summed E-state index contributed by atoms with van der Waals surface area (Å²) in [6.07, 6.45) is -0.0701. The third-order valence-corrected chi connectivity index (χ3v) is 5.52. The second-order valence-electron chi connectivity index (χ2n) is 7.03. The van der Waals surface area contributed by atoms with Gasteiger partial charge in [-0.15, -0.1) is 0 Å². The smallest absolute Gasteiger partial charge is 0.350 e. The Bertz CT molecular complexity index is 1160. The highest BCUT2D eigenvalue weighted by Gasteiger charge is 2.20. The number of nitrogens with two attached hydrogens (primary N) is 1. The molecule has 2 amide bonds. The number of hydrogen-bond acceptors (Lipinski definition) is 10. The molecular formula is C21H24N6O5S. The maximum atomic E-state index is 12.7. The number of benzene rings is 1. The molecule has 174 valence electrons. The molecule has 0 saturated carbocycles. The van der Waals surface area contributed by atoms with Crippen LogP contribution < -0.4 is 16.4 Å². The van der Waals surface area contributed by atoms with E-state index in [0.29, 0.717) is 33.4 Å². The molecule has 3 rings (SSSR count). The summed E-state index contributed by atoms with van der Waals surface area (Å²) in [6.45, 7) is 5.34. The molecule has 11 nitrogen and oxygen atoms in total.